The van der Waals surface area contributed by atoms with E-state index < -0.39 is 30.6 Å². The molecule has 252 valence electrons. The average Bonchev–Trinajstić information content (AvgIpc) is 3.79. The lowest BCUT2D eigenvalue weighted by Crippen LogP contribution is -2.35. The van der Waals surface area contributed by atoms with Gasteiger partial charge in [0.25, 0.3) is 17.7 Å². The van der Waals surface area contributed by atoms with E-state index in [0.717, 1.165) is 43.4 Å². The molecule has 0 atom stereocenters. The van der Waals surface area contributed by atoms with Crippen LogP contribution in [0.2, 0.25) is 0 Å². The van der Waals surface area contributed by atoms with Gasteiger partial charge < -0.3 is 27.0 Å². The van der Waals surface area contributed by atoms with Crippen molar-refractivity contribution in [2.75, 3.05) is 18.0 Å². The zero-order valence-electron chi connectivity index (χ0n) is 25.2. The molecule has 1 saturated carbocycles. The summed E-state index contributed by atoms with van der Waals surface area (Å²) >= 11 is 1.41. The number of para-hydroxylation sites is 1. The van der Waals surface area contributed by atoms with Gasteiger partial charge in [0.2, 0.25) is 0 Å². The number of carboxylic acid groups (broad SMARTS) is 2. The Balaban J connectivity index is 0.000000214. The van der Waals surface area contributed by atoms with Crippen molar-refractivity contribution in [1.82, 2.24) is 5.32 Å². The molecule has 0 aliphatic heterocycles. The molecular formula is C32H35F3N4O7S. The van der Waals surface area contributed by atoms with Crippen LogP contribution in [0.3, 0.4) is 0 Å². The number of rotatable bonds is 9. The minimum Gasteiger partial charge on any atom is -0.480 e. The molecule has 5 rings (SSSR count). The fourth-order valence-corrected chi connectivity index (χ4v) is 5.88. The van der Waals surface area contributed by atoms with E-state index in [1.54, 1.807) is 42.5 Å². The molecule has 1 fully saturated rings. The second-order valence-electron chi connectivity index (χ2n) is 10.8. The standard InChI is InChI=1S/C16H16N2O3.C14H18N2O2S.C2HF3O2/c17-10-12-5-4-6-13(9-12)16(21)18(11-15(19)20)14-7-2-1-3-8-14;15-13(17)12-11(14(18)16-7-8-5-6-8)9-3-1-2-4-10(9)19-12;3-2(4,5)1(6)7/h1-9H,10-11,17H2,(H,19,20);8H,1-7H2,(H2,15,17)(H,16,18);(H,6,7). The van der Waals surface area contributed by atoms with Gasteiger partial charge in [0.05, 0.1) is 5.56 Å². The van der Waals surface area contributed by atoms with Crippen molar-refractivity contribution in [2.45, 2.75) is 51.2 Å². The Kier molecular flexibility index (Phi) is 13.0. The maximum absolute atomic E-state index is 12.6. The van der Waals surface area contributed by atoms with Crippen LogP contribution in [0.5, 0.6) is 0 Å². The van der Waals surface area contributed by atoms with E-state index in [4.69, 9.17) is 26.5 Å². The van der Waals surface area contributed by atoms with Crippen LogP contribution >= 0.6 is 11.3 Å². The third kappa shape index (κ3) is 10.9. The summed E-state index contributed by atoms with van der Waals surface area (Å²) < 4.78 is 31.7. The Bertz CT molecular complexity index is 1590. The molecule has 0 saturated heterocycles. The topological polar surface area (TPSA) is 193 Å². The number of amides is 3. The molecule has 11 nitrogen and oxygen atoms in total. The van der Waals surface area contributed by atoms with E-state index in [9.17, 15) is 32.3 Å². The number of nitrogens with zero attached hydrogens (tertiary/aromatic N) is 1. The first-order valence-electron chi connectivity index (χ1n) is 14.6. The number of fused-ring (bicyclic) bond motifs is 1. The number of aryl methyl sites for hydroxylation is 1. The van der Waals surface area contributed by atoms with Crippen LogP contribution in [0.4, 0.5) is 18.9 Å². The molecule has 0 radical (unpaired) electrons. The largest absolute Gasteiger partial charge is 0.490 e. The lowest BCUT2D eigenvalue weighted by atomic mass is 9.94. The Morgan fingerprint density at radius 3 is 2.15 bits per heavy atom. The number of carboxylic acids is 2. The number of alkyl halides is 3. The van der Waals surface area contributed by atoms with Gasteiger partial charge in [-0.3, -0.25) is 24.1 Å². The smallest absolute Gasteiger partial charge is 0.480 e. The number of hydrogen-bond donors (Lipinski definition) is 5. The molecule has 2 aliphatic carbocycles. The molecule has 0 bridgehead atoms. The summed E-state index contributed by atoms with van der Waals surface area (Å²) in [6.07, 6.45) is 1.40. The van der Waals surface area contributed by atoms with Crippen molar-refractivity contribution < 1.29 is 47.4 Å². The van der Waals surface area contributed by atoms with Crippen molar-refractivity contribution in [2.24, 2.45) is 17.4 Å². The predicted octanol–water partition coefficient (Wildman–Crippen LogP) is 4.38. The second kappa shape index (κ2) is 16.7. The van der Waals surface area contributed by atoms with Gasteiger partial charge in [-0.2, -0.15) is 13.2 Å². The minimum atomic E-state index is -5.08. The Morgan fingerprint density at radius 1 is 0.957 bits per heavy atom. The third-order valence-corrected chi connectivity index (χ3v) is 8.44. The normalized spacial score (nSPS) is 13.4. The number of halogens is 3. The molecule has 1 aromatic heterocycles. The molecule has 2 aromatic carbocycles. The molecule has 15 heteroatoms. The van der Waals surface area contributed by atoms with Gasteiger partial charge in [-0.15, -0.1) is 11.3 Å². The van der Waals surface area contributed by atoms with E-state index in [2.05, 4.69) is 5.32 Å². The molecular weight excluding hydrogens is 641 g/mol. The summed E-state index contributed by atoms with van der Waals surface area (Å²) in [5, 5.41) is 19.1. The quantitative estimate of drug-likeness (QED) is 0.220. The first-order valence-corrected chi connectivity index (χ1v) is 15.4. The summed E-state index contributed by atoms with van der Waals surface area (Å²) in [4.78, 5) is 59.2. The van der Waals surface area contributed by atoms with E-state index in [0.29, 0.717) is 34.2 Å². The van der Waals surface area contributed by atoms with Gasteiger partial charge in [-0.1, -0.05) is 30.3 Å². The lowest BCUT2D eigenvalue weighted by Gasteiger charge is -2.21. The van der Waals surface area contributed by atoms with Crippen LogP contribution in [-0.4, -0.2) is 59.1 Å². The fourth-order valence-electron chi connectivity index (χ4n) is 4.64. The number of thiophene rings is 1. The van der Waals surface area contributed by atoms with E-state index in [-0.39, 0.29) is 11.8 Å². The summed E-state index contributed by atoms with van der Waals surface area (Å²) in [5.74, 6) is -4.14. The lowest BCUT2D eigenvalue weighted by molar-refractivity contribution is -0.192. The van der Waals surface area contributed by atoms with Crippen LogP contribution in [0.1, 0.15) is 72.1 Å². The number of carbonyl (C=O) groups is 5. The van der Waals surface area contributed by atoms with Crippen molar-refractivity contribution in [1.29, 1.82) is 0 Å². The molecule has 0 unspecified atom stereocenters. The van der Waals surface area contributed by atoms with E-state index >= 15 is 0 Å². The first-order chi connectivity index (χ1) is 22.2. The number of nitrogens with two attached hydrogens (primary N) is 2. The Morgan fingerprint density at radius 2 is 1.60 bits per heavy atom. The van der Waals surface area contributed by atoms with Gasteiger partial charge >= 0.3 is 18.1 Å². The molecule has 3 aromatic rings. The highest BCUT2D eigenvalue weighted by Crippen LogP contribution is 2.35. The van der Waals surface area contributed by atoms with Gasteiger partial charge in [-0.05, 0) is 79.8 Å². The number of nitrogens with one attached hydrogen (secondary N) is 1. The maximum atomic E-state index is 12.6. The zero-order valence-corrected chi connectivity index (χ0v) is 26.0. The summed E-state index contributed by atoms with van der Waals surface area (Å²) in [6, 6.07) is 15.6. The fraction of sp³-hybridized carbons (Fsp3) is 0.344. The highest BCUT2D eigenvalue weighted by molar-refractivity contribution is 7.14. The van der Waals surface area contributed by atoms with Gasteiger partial charge in [-0.25, -0.2) is 4.79 Å². The molecule has 7 N–H and O–H groups in total. The molecule has 47 heavy (non-hydrogen) atoms. The SMILES string of the molecule is NC(=O)c1sc2c(c1C(=O)NCC1CC1)CCCC2.NCc1cccc(C(=O)N(CC(=O)O)c2ccccc2)c1.O=C(O)C(F)(F)F. The number of carbonyl (C=O) groups excluding carboxylic acids is 3. The second-order valence-corrected chi connectivity index (χ2v) is 11.9. The van der Waals surface area contributed by atoms with E-state index in [1.807, 2.05) is 12.1 Å². The number of hydrogen-bond acceptors (Lipinski definition) is 7. The number of anilines is 1. The monoisotopic (exact) mass is 676 g/mol. The van der Waals surface area contributed by atoms with Crippen LogP contribution in [0.15, 0.2) is 54.6 Å². The summed E-state index contributed by atoms with van der Waals surface area (Å²) in [6.45, 7) is 0.655. The van der Waals surface area contributed by atoms with Crippen molar-refractivity contribution >= 4 is 46.7 Å². The summed E-state index contributed by atoms with van der Waals surface area (Å²) in [7, 11) is 0. The summed E-state index contributed by atoms with van der Waals surface area (Å²) in [5.41, 5.74) is 14.4. The highest BCUT2D eigenvalue weighted by atomic mass is 32.1. The van der Waals surface area contributed by atoms with Crippen LogP contribution in [-0.2, 0) is 29.0 Å². The minimum absolute atomic E-state index is 0.111. The number of benzene rings is 2. The molecule has 0 spiro atoms. The first kappa shape index (κ1) is 36.7. The van der Waals surface area contributed by atoms with Crippen molar-refractivity contribution in [3.8, 4) is 0 Å². The Hall–Kier alpha value is -4.76. The van der Waals surface area contributed by atoms with Crippen LogP contribution in [0, 0.1) is 5.92 Å². The predicted molar refractivity (Wildman–Crippen MR) is 168 cm³/mol. The number of aliphatic carboxylic acids is 2. The van der Waals surface area contributed by atoms with Gasteiger partial charge in [0.15, 0.2) is 0 Å². The average molecular weight is 677 g/mol. The van der Waals surface area contributed by atoms with Crippen LogP contribution < -0.4 is 21.7 Å². The highest BCUT2D eigenvalue weighted by Gasteiger charge is 2.38. The van der Waals surface area contributed by atoms with E-state index in [1.165, 1.54) is 34.0 Å². The van der Waals surface area contributed by atoms with Gasteiger partial charge in [0, 0.05) is 29.2 Å². The Labute approximate surface area is 272 Å². The molecule has 2 aliphatic rings. The maximum Gasteiger partial charge on any atom is 0.490 e. The van der Waals surface area contributed by atoms with Gasteiger partial charge in [0.1, 0.15) is 11.4 Å². The van der Waals surface area contributed by atoms with Crippen LogP contribution in [0.25, 0.3) is 0 Å². The molecule has 1 heterocycles. The third-order valence-electron chi connectivity index (χ3n) is 7.13. The van der Waals surface area contributed by atoms with Crippen molar-refractivity contribution in [3.63, 3.8) is 0 Å². The molecule has 3 amide bonds. The zero-order chi connectivity index (χ0) is 34.7. The van der Waals surface area contributed by atoms with Crippen molar-refractivity contribution in [3.05, 3.63) is 86.6 Å². The number of primary amides is 1.